The Kier molecular flexibility index (Phi) is 8.88. The highest BCUT2D eigenvalue weighted by molar-refractivity contribution is 6.31. The van der Waals surface area contributed by atoms with Gasteiger partial charge in [0.15, 0.2) is 0 Å². The molecule has 1 aromatic heterocycles. The van der Waals surface area contributed by atoms with E-state index in [0.717, 1.165) is 17.5 Å². The molecule has 0 saturated carbocycles. The maximum Gasteiger partial charge on any atom is 0.407 e. The van der Waals surface area contributed by atoms with Crippen molar-refractivity contribution >= 4 is 29.1 Å². The van der Waals surface area contributed by atoms with Gasteiger partial charge in [-0.05, 0) is 23.6 Å². The molecule has 27 heavy (non-hydrogen) atoms. The molecule has 0 spiro atoms. The first-order chi connectivity index (χ1) is 12.7. The molecule has 0 amide bonds. The van der Waals surface area contributed by atoms with Crippen molar-refractivity contribution in [1.29, 1.82) is 0 Å². The van der Waals surface area contributed by atoms with Gasteiger partial charge in [-0.1, -0.05) is 50.4 Å². The fourth-order valence-electron chi connectivity index (χ4n) is 2.27. The molecule has 0 N–H and O–H groups in total. The standard InChI is InChI=1S/C20H21ClF3N3/c1-5-8-15(11-25-13-20(22,23)24)9-19(26-7-3)14(4)17-10-16(21)12-27-18(17)6-2/h5,7-8,10-12H,1,3-4,6,9,13H2,2H3/b15-8-,25-11-,26-19-. The van der Waals surface area contributed by atoms with Gasteiger partial charge < -0.3 is 0 Å². The first-order valence-electron chi connectivity index (χ1n) is 8.11. The summed E-state index contributed by atoms with van der Waals surface area (Å²) in [6.07, 6.45) is 3.61. The molecule has 0 fully saturated rings. The predicted octanol–water partition coefficient (Wildman–Crippen LogP) is 6.03. The molecule has 3 nitrogen and oxygen atoms in total. The number of rotatable bonds is 9. The van der Waals surface area contributed by atoms with E-state index in [0.29, 0.717) is 28.3 Å². The summed E-state index contributed by atoms with van der Waals surface area (Å²) < 4.78 is 37.0. The van der Waals surface area contributed by atoms with Crippen molar-refractivity contribution in [3.63, 3.8) is 0 Å². The summed E-state index contributed by atoms with van der Waals surface area (Å²) in [4.78, 5) is 12.0. The van der Waals surface area contributed by atoms with Gasteiger partial charge >= 0.3 is 6.18 Å². The number of allylic oxidation sites excluding steroid dienone is 4. The molecule has 1 rings (SSSR count). The second-order valence-electron chi connectivity index (χ2n) is 5.48. The van der Waals surface area contributed by atoms with Crippen LogP contribution in [0.1, 0.15) is 24.6 Å². The fraction of sp³-hybridized carbons (Fsp3) is 0.250. The smallest absolute Gasteiger partial charge is 0.283 e. The number of hydrogen-bond donors (Lipinski definition) is 0. The molecule has 0 unspecified atom stereocenters. The molecule has 7 heteroatoms. The zero-order valence-corrected chi connectivity index (χ0v) is 15.8. The summed E-state index contributed by atoms with van der Waals surface area (Å²) in [5, 5.41) is 0.454. The van der Waals surface area contributed by atoms with Crippen LogP contribution >= 0.6 is 11.6 Å². The van der Waals surface area contributed by atoms with E-state index in [-0.39, 0.29) is 6.42 Å². The lowest BCUT2D eigenvalue weighted by Crippen LogP contribution is -2.12. The van der Waals surface area contributed by atoms with Crippen LogP contribution in [0.25, 0.3) is 5.57 Å². The van der Waals surface area contributed by atoms with Gasteiger partial charge in [-0.25, -0.2) is 0 Å². The van der Waals surface area contributed by atoms with Crippen LogP contribution in [-0.2, 0) is 6.42 Å². The molecule has 144 valence electrons. The maximum atomic E-state index is 12.3. The van der Waals surface area contributed by atoms with Crippen LogP contribution in [0.15, 0.2) is 65.9 Å². The Morgan fingerprint density at radius 1 is 1.33 bits per heavy atom. The Labute approximate surface area is 162 Å². The number of hydrogen-bond acceptors (Lipinski definition) is 3. The van der Waals surface area contributed by atoms with Gasteiger partial charge in [0.1, 0.15) is 6.54 Å². The Bertz CT molecular complexity index is 790. The Balaban J connectivity index is 3.17. The highest BCUT2D eigenvalue weighted by atomic mass is 35.5. The van der Waals surface area contributed by atoms with Gasteiger partial charge in [-0.2, -0.15) is 13.2 Å². The van der Waals surface area contributed by atoms with Crippen molar-refractivity contribution in [2.24, 2.45) is 9.98 Å². The number of halogens is 4. The Morgan fingerprint density at radius 2 is 2.04 bits per heavy atom. The Morgan fingerprint density at radius 3 is 2.59 bits per heavy atom. The van der Waals surface area contributed by atoms with Crippen molar-refractivity contribution in [2.75, 3.05) is 6.54 Å². The summed E-state index contributed by atoms with van der Waals surface area (Å²) in [5.74, 6) is 0. The van der Waals surface area contributed by atoms with Crippen LogP contribution < -0.4 is 0 Å². The zero-order chi connectivity index (χ0) is 20.4. The van der Waals surface area contributed by atoms with E-state index in [9.17, 15) is 13.2 Å². The van der Waals surface area contributed by atoms with Crippen LogP contribution in [0.5, 0.6) is 0 Å². The van der Waals surface area contributed by atoms with Gasteiger partial charge in [-0.3, -0.25) is 15.0 Å². The molecular formula is C20H21ClF3N3. The minimum atomic E-state index is -4.36. The van der Waals surface area contributed by atoms with Crippen molar-refractivity contribution in [1.82, 2.24) is 4.98 Å². The number of alkyl halides is 3. The van der Waals surface area contributed by atoms with Gasteiger partial charge in [-0.15, -0.1) is 0 Å². The first-order valence-corrected chi connectivity index (χ1v) is 8.49. The monoisotopic (exact) mass is 395 g/mol. The molecule has 0 atom stereocenters. The van der Waals surface area contributed by atoms with Gasteiger partial charge in [0.05, 0.1) is 10.7 Å². The number of aryl methyl sites for hydroxylation is 1. The maximum absolute atomic E-state index is 12.3. The molecule has 1 aromatic rings. The normalized spacial score (nSPS) is 13.1. The van der Waals surface area contributed by atoms with Gasteiger partial charge in [0.2, 0.25) is 0 Å². The number of aliphatic imine (C=N–C) groups is 2. The van der Waals surface area contributed by atoms with Crippen LogP contribution in [-0.4, -0.2) is 29.6 Å². The molecule has 1 heterocycles. The lowest BCUT2D eigenvalue weighted by molar-refractivity contribution is -0.118. The van der Waals surface area contributed by atoms with Crippen LogP contribution in [0.4, 0.5) is 13.2 Å². The summed E-state index contributed by atoms with van der Waals surface area (Å²) in [6, 6.07) is 1.74. The minimum Gasteiger partial charge on any atom is -0.283 e. The average Bonchev–Trinajstić information content (AvgIpc) is 2.59. The topological polar surface area (TPSA) is 37.6 Å². The predicted molar refractivity (Wildman–Crippen MR) is 108 cm³/mol. The van der Waals surface area contributed by atoms with E-state index in [4.69, 9.17) is 11.6 Å². The van der Waals surface area contributed by atoms with E-state index in [1.807, 2.05) is 6.92 Å². The first kappa shape index (κ1) is 22.6. The number of nitrogens with zero attached hydrogens (tertiary/aromatic N) is 3. The van der Waals surface area contributed by atoms with Crippen molar-refractivity contribution in [2.45, 2.75) is 25.9 Å². The van der Waals surface area contributed by atoms with E-state index < -0.39 is 12.7 Å². The minimum absolute atomic E-state index is 0.202. The zero-order valence-electron chi connectivity index (χ0n) is 15.1. The lowest BCUT2D eigenvalue weighted by atomic mass is 9.95. The quantitative estimate of drug-likeness (QED) is 0.371. The average molecular weight is 396 g/mol. The highest BCUT2D eigenvalue weighted by Gasteiger charge is 2.26. The van der Waals surface area contributed by atoms with Crippen molar-refractivity contribution in [3.8, 4) is 0 Å². The number of pyridine rings is 1. The van der Waals surface area contributed by atoms with Crippen LogP contribution in [0.3, 0.4) is 0 Å². The number of aromatic nitrogens is 1. The highest BCUT2D eigenvalue weighted by Crippen LogP contribution is 2.24. The SMILES string of the molecule is C=C/C=C(\C=N/CC(F)(F)F)C/C(=N/C=C)C(=C)c1cc(Cl)cnc1CC. The fourth-order valence-corrected chi connectivity index (χ4v) is 2.42. The second-order valence-corrected chi connectivity index (χ2v) is 5.91. The third kappa shape index (κ3) is 7.74. The second kappa shape index (κ2) is 10.6. The summed E-state index contributed by atoms with van der Waals surface area (Å²) >= 11 is 6.05. The van der Waals surface area contributed by atoms with E-state index >= 15 is 0 Å². The molecular weight excluding hydrogens is 375 g/mol. The van der Waals surface area contributed by atoms with E-state index in [1.54, 1.807) is 18.3 Å². The van der Waals surface area contributed by atoms with Crippen LogP contribution in [0, 0.1) is 0 Å². The molecule has 0 aliphatic rings. The molecule has 0 aliphatic heterocycles. The van der Waals surface area contributed by atoms with Crippen LogP contribution in [0.2, 0.25) is 5.02 Å². The van der Waals surface area contributed by atoms with Gasteiger partial charge in [0.25, 0.3) is 0 Å². The van der Waals surface area contributed by atoms with E-state index in [2.05, 4.69) is 34.7 Å². The summed E-state index contributed by atoms with van der Waals surface area (Å²) in [6.45, 7) is 11.9. The lowest BCUT2D eigenvalue weighted by Gasteiger charge is -2.13. The molecule has 0 saturated heterocycles. The summed E-state index contributed by atoms with van der Waals surface area (Å²) in [5.41, 5.74) is 3.12. The van der Waals surface area contributed by atoms with Gasteiger partial charge in [0, 0.05) is 36.3 Å². The third-order valence-corrected chi connectivity index (χ3v) is 3.63. The van der Waals surface area contributed by atoms with Crippen molar-refractivity contribution in [3.05, 3.63) is 72.2 Å². The molecule has 0 radical (unpaired) electrons. The largest absolute Gasteiger partial charge is 0.407 e. The molecule has 0 aromatic carbocycles. The van der Waals surface area contributed by atoms with E-state index in [1.165, 1.54) is 12.3 Å². The third-order valence-electron chi connectivity index (χ3n) is 3.42. The summed E-state index contributed by atoms with van der Waals surface area (Å²) in [7, 11) is 0. The molecule has 0 aliphatic carbocycles. The Hall–Kier alpha value is -2.47. The van der Waals surface area contributed by atoms with Crippen molar-refractivity contribution < 1.29 is 13.2 Å². The molecule has 0 bridgehead atoms.